The Bertz CT molecular complexity index is 373. The Morgan fingerprint density at radius 1 is 1.57 bits per heavy atom. The zero-order chi connectivity index (χ0) is 10.6. The highest BCUT2D eigenvalue weighted by molar-refractivity contribution is 6.31. The highest BCUT2D eigenvalue weighted by atomic mass is 35.5. The normalized spacial score (nSPS) is 9.21. The van der Waals surface area contributed by atoms with Gasteiger partial charge in [0.1, 0.15) is 0 Å². The van der Waals surface area contributed by atoms with Crippen LogP contribution in [-0.2, 0) is 0 Å². The molecule has 1 amide bonds. The highest BCUT2D eigenvalue weighted by Gasteiger charge is 2.05. The van der Waals surface area contributed by atoms with E-state index >= 15 is 0 Å². The Kier molecular flexibility index (Phi) is 3.55. The number of terminal acetylenes is 1. The predicted octanol–water partition coefficient (Wildman–Crippen LogP) is 2.01. The van der Waals surface area contributed by atoms with E-state index in [1.54, 1.807) is 18.2 Å². The van der Waals surface area contributed by atoms with Gasteiger partial charge in [-0.3, -0.25) is 4.79 Å². The lowest BCUT2D eigenvalue weighted by molar-refractivity contribution is 0.0958. The second-order valence-corrected chi connectivity index (χ2v) is 3.34. The Balaban J connectivity index is 2.85. The number of nitrogens with one attached hydrogen (secondary N) is 1. The quantitative estimate of drug-likeness (QED) is 0.739. The van der Waals surface area contributed by atoms with Crippen molar-refractivity contribution in [3.63, 3.8) is 0 Å². The fraction of sp³-hybridized carbons (Fsp3) is 0.182. The van der Waals surface area contributed by atoms with Gasteiger partial charge in [-0.15, -0.1) is 6.42 Å². The van der Waals surface area contributed by atoms with Crippen molar-refractivity contribution in [2.24, 2.45) is 0 Å². The van der Waals surface area contributed by atoms with Crippen LogP contribution in [0.2, 0.25) is 5.02 Å². The minimum atomic E-state index is -0.200. The van der Waals surface area contributed by atoms with E-state index < -0.39 is 0 Å². The first-order valence-electron chi connectivity index (χ1n) is 4.12. The van der Waals surface area contributed by atoms with E-state index in [0.29, 0.717) is 10.6 Å². The third-order valence-electron chi connectivity index (χ3n) is 1.66. The Morgan fingerprint density at radius 3 is 2.86 bits per heavy atom. The fourth-order valence-electron chi connectivity index (χ4n) is 1.10. The van der Waals surface area contributed by atoms with Gasteiger partial charge in [0.25, 0.3) is 5.91 Å². The molecule has 3 heteroatoms. The highest BCUT2D eigenvalue weighted by Crippen LogP contribution is 2.14. The lowest BCUT2D eigenvalue weighted by Gasteiger charge is -2.03. The van der Waals surface area contributed by atoms with Crippen LogP contribution in [0.5, 0.6) is 0 Å². The Labute approximate surface area is 88.3 Å². The van der Waals surface area contributed by atoms with E-state index in [-0.39, 0.29) is 12.5 Å². The number of aryl methyl sites for hydroxylation is 1. The van der Waals surface area contributed by atoms with Crippen molar-refractivity contribution in [3.05, 3.63) is 34.3 Å². The molecular formula is C11H10ClNO. The first-order valence-corrected chi connectivity index (χ1v) is 4.50. The maximum absolute atomic E-state index is 11.4. The third kappa shape index (κ3) is 2.79. The number of carbonyl (C=O) groups is 1. The molecule has 14 heavy (non-hydrogen) atoms. The molecule has 0 saturated heterocycles. The maximum atomic E-state index is 11.4. The number of hydrogen-bond donors (Lipinski definition) is 1. The monoisotopic (exact) mass is 207 g/mol. The van der Waals surface area contributed by atoms with Crippen molar-refractivity contribution < 1.29 is 4.79 Å². The van der Waals surface area contributed by atoms with Crippen LogP contribution >= 0.6 is 11.6 Å². The molecule has 1 aromatic rings. The Hall–Kier alpha value is -1.46. The minimum Gasteiger partial charge on any atom is -0.341 e. The summed E-state index contributed by atoms with van der Waals surface area (Å²) in [4.78, 5) is 11.4. The van der Waals surface area contributed by atoms with Crippen LogP contribution in [0.4, 0.5) is 0 Å². The summed E-state index contributed by atoms with van der Waals surface area (Å²) in [7, 11) is 0. The van der Waals surface area contributed by atoms with Gasteiger partial charge in [-0.1, -0.05) is 17.5 Å². The maximum Gasteiger partial charge on any atom is 0.252 e. The molecule has 0 saturated carbocycles. The number of amides is 1. The second kappa shape index (κ2) is 4.69. The van der Waals surface area contributed by atoms with Gasteiger partial charge in [0.2, 0.25) is 0 Å². The van der Waals surface area contributed by atoms with Gasteiger partial charge in [0.05, 0.1) is 6.54 Å². The van der Waals surface area contributed by atoms with Gasteiger partial charge in [-0.25, -0.2) is 0 Å². The van der Waals surface area contributed by atoms with Crippen molar-refractivity contribution in [2.45, 2.75) is 6.92 Å². The van der Waals surface area contributed by atoms with E-state index in [1.165, 1.54) is 0 Å². The smallest absolute Gasteiger partial charge is 0.252 e. The molecule has 1 rings (SSSR count). The molecule has 0 aliphatic carbocycles. The van der Waals surface area contributed by atoms with Gasteiger partial charge in [0, 0.05) is 10.6 Å². The molecule has 0 radical (unpaired) electrons. The zero-order valence-electron chi connectivity index (χ0n) is 7.80. The summed E-state index contributed by atoms with van der Waals surface area (Å²) in [6.07, 6.45) is 5.02. The molecule has 0 aromatic heterocycles. The number of carbonyl (C=O) groups excluding carboxylic acids is 1. The molecule has 0 fully saturated rings. The van der Waals surface area contributed by atoms with Crippen molar-refractivity contribution in [2.75, 3.05) is 6.54 Å². The van der Waals surface area contributed by atoms with Crippen LogP contribution in [0.15, 0.2) is 18.2 Å². The summed E-state index contributed by atoms with van der Waals surface area (Å²) in [6, 6.07) is 5.16. The van der Waals surface area contributed by atoms with Crippen LogP contribution in [0.25, 0.3) is 0 Å². The number of benzene rings is 1. The zero-order valence-corrected chi connectivity index (χ0v) is 8.56. The molecule has 0 aliphatic rings. The van der Waals surface area contributed by atoms with Gasteiger partial charge in [-0.05, 0) is 30.7 Å². The summed E-state index contributed by atoms with van der Waals surface area (Å²) in [5.41, 5.74) is 1.48. The Morgan fingerprint density at radius 2 is 2.29 bits per heavy atom. The van der Waals surface area contributed by atoms with Gasteiger partial charge in [-0.2, -0.15) is 0 Å². The summed E-state index contributed by atoms with van der Waals surface area (Å²) in [5.74, 6) is 2.13. The van der Waals surface area contributed by atoms with Crippen LogP contribution in [-0.4, -0.2) is 12.5 Å². The fourth-order valence-corrected chi connectivity index (χ4v) is 1.39. The average molecular weight is 208 g/mol. The van der Waals surface area contributed by atoms with Crippen LogP contribution in [0.3, 0.4) is 0 Å². The minimum absolute atomic E-state index is 0.200. The number of halogens is 1. The second-order valence-electron chi connectivity index (χ2n) is 2.90. The summed E-state index contributed by atoms with van der Waals surface area (Å²) >= 11 is 5.81. The largest absolute Gasteiger partial charge is 0.341 e. The molecule has 0 atom stereocenters. The van der Waals surface area contributed by atoms with Gasteiger partial charge >= 0.3 is 0 Å². The molecular weight excluding hydrogens is 198 g/mol. The average Bonchev–Trinajstić information content (AvgIpc) is 2.12. The summed E-state index contributed by atoms with van der Waals surface area (Å²) in [6.45, 7) is 2.11. The summed E-state index contributed by atoms with van der Waals surface area (Å²) in [5, 5.41) is 3.12. The van der Waals surface area contributed by atoms with E-state index in [1.807, 2.05) is 6.92 Å². The van der Waals surface area contributed by atoms with Crippen LogP contribution < -0.4 is 5.32 Å². The van der Waals surface area contributed by atoms with Crippen molar-refractivity contribution >= 4 is 17.5 Å². The van der Waals surface area contributed by atoms with Crippen LogP contribution in [0.1, 0.15) is 15.9 Å². The first kappa shape index (κ1) is 10.6. The molecule has 1 N–H and O–H groups in total. The molecule has 1 aromatic carbocycles. The van der Waals surface area contributed by atoms with E-state index in [0.717, 1.165) is 5.56 Å². The lowest BCUT2D eigenvalue weighted by Crippen LogP contribution is -2.23. The molecule has 2 nitrogen and oxygen atoms in total. The molecule has 0 aliphatic heterocycles. The topological polar surface area (TPSA) is 29.1 Å². The van der Waals surface area contributed by atoms with Gasteiger partial charge in [0.15, 0.2) is 0 Å². The van der Waals surface area contributed by atoms with Crippen molar-refractivity contribution in [1.82, 2.24) is 5.32 Å². The molecule has 0 unspecified atom stereocenters. The summed E-state index contributed by atoms with van der Waals surface area (Å²) < 4.78 is 0. The number of hydrogen-bond acceptors (Lipinski definition) is 1. The van der Waals surface area contributed by atoms with E-state index in [2.05, 4.69) is 11.2 Å². The standard InChI is InChI=1S/C11H10ClNO/c1-3-4-13-11(14)9-5-8(2)6-10(12)7-9/h1,5-7H,4H2,2H3,(H,13,14). The SMILES string of the molecule is C#CCNC(=O)c1cc(C)cc(Cl)c1. The van der Waals surface area contributed by atoms with E-state index in [9.17, 15) is 4.79 Å². The third-order valence-corrected chi connectivity index (χ3v) is 1.87. The molecule has 0 heterocycles. The van der Waals surface area contributed by atoms with E-state index in [4.69, 9.17) is 18.0 Å². The molecule has 0 spiro atoms. The predicted molar refractivity (Wildman–Crippen MR) is 57.4 cm³/mol. The van der Waals surface area contributed by atoms with Crippen LogP contribution in [0, 0.1) is 19.3 Å². The van der Waals surface area contributed by atoms with Gasteiger partial charge < -0.3 is 5.32 Å². The lowest BCUT2D eigenvalue weighted by atomic mass is 10.1. The van der Waals surface area contributed by atoms with Crippen molar-refractivity contribution in [3.8, 4) is 12.3 Å². The first-order chi connectivity index (χ1) is 6.63. The van der Waals surface area contributed by atoms with Crippen molar-refractivity contribution in [1.29, 1.82) is 0 Å². The molecule has 72 valence electrons. The number of rotatable bonds is 2. The molecule has 0 bridgehead atoms.